The first-order valence-electron chi connectivity index (χ1n) is 14.1. The van der Waals surface area contributed by atoms with Gasteiger partial charge in [0.1, 0.15) is 17.3 Å². The Labute approximate surface area is 225 Å². The average molecular weight is 525 g/mol. The molecular formula is C33H39F3O2. The molecule has 4 rings (SSSR count). The van der Waals surface area contributed by atoms with Crippen LogP contribution in [0.1, 0.15) is 82.3 Å². The van der Waals surface area contributed by atoms with E-state index in [1.54, 1.807) is 36.4 Å². The number of hydrogen-bond donors (Lipinski definition) is 0. The van der Waals surface area contributed by atoms with E-state index in [4.69, 9.17) is 9.47 Å². The zero-order valence-electron chi connectivity index (χ0n) is 22.6. The molecular weight excluding hydrogens is 485 g/mol. The molecule has 0 atom stereocenters. The molecule has 0 aromatic heterocycles. The van der Waals surface area contributed by atoms with E-state index in [1.807, 2.05) is 19.1 Å². The molecule has 0 spiro atoms. The normalized spacial score (nSPS) is 17.4. The number of hydrogen-bond acceptors (Lipinski definition) is 2. The highest BCUT2D eigenvalue weighted by Crippen LogP contribution is 2.39. The van der Waals surface area contributed by atoms with Crippen LogP contribution in [0.5, 0.6) is 11.5 Å². The van der Waals surface area contributed by atoms with Crippen LogP contribution < -0.4 is 9.47 Å². The van der Waals surface area contributed by atoms with Crippen molar-refractivity contribution in [2.24, 2.45) is 5.92 Å². The van der Waals surface area contributed by atoms with E-state index in [2.05, 4.69) is 6.92 Å². The third-order valence-corrected chi connectivity index (χ3v) is 7.65. The molecule has 38 heavy (non-hydrogen) atoms. The highest BCUT2D eigenvalue weighted by molar-refractivity contribution is 5.65. The van der Waals surface area contributed by atoms with E-state index in [1.165, 1.54) is 6.07 Å². The van der Waals surface area contributed by atoms with Crippen molar-refractivity contribution in [1.29, 1.82) is 0 Å². The van der Waals surface area contributed by atoms with Gasteiger partial charge >= 0.3 is 0 Å². The van der Waals surface area contributed by atoms with Gasteiger partial charge in [-0.2, -0.15) is 0 Å². The number of aryl methyl sites for hydroxylation is 1. The number of halogens is 3. The van der Waals surface area contributed by atoms with Gasteiger partial charge in [-0.05, 0) is 98.1 Å². The third-order valence-electron chi connectivity index (χ3n) is 7.65. The maximum Gasteiger partial charge on any atom is 0.166 e. The number of benzene rings is 3. The second kappa shape index (κ2) is 13.7. The van der Waals surface area contributed by atoms with Gasteiger partial charge in [-0.25, -0.2) is 13.2 Å². The van der Waals surface area contributed by atoms with Crippen molar-refractivity contribution in [3.05, 3.63) is 83.2 Å². The molecule has 0 saturated heterocycles. The molecule has 0 amide bonds. The van der Waals surface area contributed by atoms with Crippen LogP contribution in [0.3, 0.4) is 0 Å². The maximum absolute atomic E-state index is 15.0. The summed E-state index contributed by atoms with van der Waals surface area (Å²) in [6.07, 6.45) is 7.96. The van der Waals surface area contributed by atoms with Gasteiger partial charge < -0.3 is 9.47 Å². The SMILES string of the molecule is CCCCOc1ccc(C2CCC(CCc3ccc(-c4ccc(OCCC)cc4)c(F)c3F)CC2)c(F)c1. The van der Waals surface area contributed by atoms with E-state index < -0.39 is 11.6 Å². The van der Waals surface area contributed by atoms with Crippen LogP contribution in [-0.2, 0) is 6.42 Å². The van der Waals surface area contributed by atoms with Gasteiger partial charge in [0, 0.05) is 11.6 Å². The fourth-order valence-electron chi connectivity index (χ4n) is 5.34. The highest BCUT2D eigenvalue weighted by Gasteiger charge is 2.25. The first kappa shape index (κ1) is 28.1. The van der Waals surface area contributed by atoms with E-state index in [0.29, 0.717) is 42.4 Å². The minimum Gasteiger partial charge on any atom is -0.494 e. The molecule has 5 heteroatoms. The number of rotatable bonds is 12. The molecule has 0 aliphatic heterocycles. The van der Waals surface area contributed by atoms with Crippen LogP contribution in [0.15, 0.2) is 54.6 Å². The van der Waals surface area contributed by atoms with Crippen molar-refractivity contribution in [3.63, 3.8) is 0 Å². The van der Waals surface area contributed by atoms with Gasteiger partial charge in [-0.1, -0.05) is 50.6 Å². The summed E-state index contributed by atoms with van der Waals surface area (Å²) in [7, 11) is 0. The Bertz CT molecular complexity index is 1170. The van der Waals surface area contributed by atoms with Crippen molar-refractivity contribution < 1.29 is 22.6 Å². The molecule has 1 aliphatic rings. The molecule has 3 aromatic carbocycles. The quantitative estimate of drug-likeness (QED) is 0.220. The molecule has 2 nitrogen and oxygen atoms in total. The second-order valence-electron chi connectivity index (χ2n) is 10.4. The fraction of sp³-hybridized carbons (Fsp3) is 0.455. The Kier molecular flexibility index (Phi) is 10.1. The number of unbranched alkanes of at least 4 members (excludes halogenated alkanes) is 1. The molecule has 1 saturated carbocycles. The summed E-state index contributed by atoms with van der Waals surface area (Å²) in [5.74, 6) is 0.192. The van der Waals surface area contributed by atoms with Crippen LogP contribution in [-0.4, -0.2) is 13.2 Å². The summed E-state index contributed by atoms with van der Waals surface area (Å²) >= 11 is 0. The first-order valence-corrected chi connectivity index (χ1v) is 14.1. The predicted molar refractivity (Wildman–Crippen MR) is 147 cm³/mol. The van der Waals surface area contributed by atoms with Gasteiger partial charge in [-0.3, -0.25) is 0 Å². The lowest BCUT2D eigenvalue weighted by molar-refractivity contribution is 0.300. The van der Waals surface area contributed by atoms with Crippen LogP contribution in [0, 0.1) is 23.4 Å². The van der Waals surface area contributed by atoms with E-state index in [0.717, 1.165) is 62.7 Å². The van der Waals surface area contributed by atoms with Crippen molar-refractivity contribution >= 4 is 0 Å². The lowest BCUT2D eigenvalue weighted by Gasteiger charge is -2.29. The van der Waals surface area contributed by atoms with Gasteiger partial charge in [0.05, 0.1) is 13.2 Å². The lowest BCUT2D eigenvalue weighted by atomic mass is 9.76. The van der Waals surface area contributed by atoms with E-state index >= 15 is 0 Å². The Hall–Kier alpha value is -2.95. The molecule has 3 aromatic rings. The van der Waals surface area contributed by atoms with E-state index in [9.17, 15) is 13.2 Å². The Balaban J connectivity index is 1.30. The summed E-state index contributed by atoms with van der Waals surface area (Å²) in [6.45, 7) is 5.36. The smallest absolute Gasteiger partial charge is 0.166 e. The van der Waals surface area contributed by atoms with Gasteiger partial charge in [0.2, 0.25) is 0 Å². The number of ether oxygens (including phenoxy) is 2. The van der Waals surface area contributed by atoms with Crippen molar-refractivity contribution in [1.82, 2.24) is 0 Å². The summed E-state index contributed by atoms with van der Waals surface area (Å²) in [4.78, 5) is 0. The first-order chi connectivity index (χ1) is 18.5. The molecule has 0 N–H and O–H groups in total. The largest absolute Gasteiger partial charge is 0.494 e. The molecule has 0 bridgehead atoms. The lowest BCUT2D eigenvalue weighted by Crippen LogP contribution is -2.15. The Morgan fingerprint density at radius 3 is 2.13 bits per heavy atom. The topological polar surface area (TPSA) is 18.5 Å². The van der Waals surface area contributed by atoms with Gasteiger partial charge in [0.15, 0.2) is 11.6 Å². The van der Waals surface area contributed by atoms with Crippen LogP contribution >= 0.6 is 0 Å². The van der Waals surface area contributed by atoms with Crippen LogP contribution in [0.25, 0.3) is 11.1 Å². The molecule has 0 unspecified atom stereocenters. The minimum absolute atomic E-state index is 0.191. The molecule has 0 heterocycles. The average Bonchev–Trinajstić information content (AvgIpc) is 2.94. The second-order valence-corrected chi connectivity index (χ2v) is 10.4. The van der Waals surface area contributed by atoms with Crippen molar-refractivity contribution in [2.75, 3.05) is 13.2 Å². The van der Waals surface area contributed by atoms with Crippen LogP contribution in [0.2, 0.25) is 0 Å². The van der Waals surface area contributed by atoms with E-state index in [-0.39, 0.29) is 17.3 Å². The summed E-state index contributed by atoms with van der Waals surface area (Å²) in [5.41, 5.74) is 2.07. The minimum atomic E-state index is -0.800. The summed E-state index contributed by atoms with van der Waals surface area (Å²) in [6, 6.07) is 15.7. The molecule has 1 aliphatic carbocycles. The van der Waals surface area contributed by atoms with Crippen LogP contribution in [0.4, 0.5) is 13.2 Å². The molecule has 0 radical (unpaired) electrons. The third kappa shape index (κ3) is 7.12. The zero-order chi connectivity index (χ0) is 26.9. The maximum atomic E-state index is 15.0. The van der Waals surface area contributed by atoms with Gasteiger partial charge in [0.25, 0.3) is 0 Å². The highest BCUT2D eigenvalue weighted by atomic mass is 19.2. The fourth-order valence-corrected chi connectivity index (χ4v) is 5.34. The van der Waals surface area contributed by atoms with Crippen molar-refractivity contribution in [2.45, 2.75) is 77.6 Å². The molecule has 204 valence electrons. The Morgan fingerprint density at radius 1 is 0.737 bits per heavy atom. The monoisotopic (exact) mass is 524 g/mol. The van der Waals surface area contributed by atoms with Gasteiger partial charge in [-0.15, -0.1) is 0 Å². The summed E-state index contributed by atoms with van der Waals surface area (Å²) < 4.78 is 55.9. The zero-order valence-corrected chi connectivity index (χ0v) is 22.6. The predicted octanol–water partition coefficient (Wildman–Crippen LogP) is 9.65. The summed E-state index contributed by atoms with van der Waals surface area (Å²) in [5, 5.41) is 0. The molecule has 1 fully saturated rings. The Morgan fingerprint density at radius 2 is 1.45 bits per heavy atom. The van der Waals surface area contributed by atoms with Crippen molar-refractivity contribution in [3.8, 4) is 22.6 Å². The standard InChI is InChI=1S/C33H39F3O2/c1-3-5-21-38-28-17-19-29(31(34)22-28)24-9-6-23(7-10-24)8-11-26-14-18-30(33(36)32(26)35)25-12-15-27(16-13-25)37-20-4-2/h12-19,22-24H,3-11,20-21H2,1-2H3.